The van der Waals surface area contributed by atoms with E-state index in [2.05, 4.69) is 15.6 Å². The van der Waals surface area contributed by atoms with Gasteiger partial charge in [-0.25, -0.2) is 4.98 Å². The van der Waals surface area contributed by atoms with Gasteiger partial charge in [-0.3, -0.25) is 4.79 Å². The maximum absolute atomic E-state index is 12.2. The van der Waals surface area contributed by atoms with Crippen LogP contribution in [0, 0.1) is 6.92 Å². The Morgan fingerprint density at radius 2 is 2.26 bits per heavy atom. The number of aliphatic hydroxyl groups excluding tert-OH is 1. The zero-order chi connectivity index (χ0) is 16.0. The van der Waals surface area contributed by atoms with Gasteiger partial charge in [0.15, 0.2) is 6.39 Å². The van der Waals surface area contributed by atoms with Gasteiger partial charge in [0.05, 0.1) is 29.6 Å². The van der Waals surface area contributed by atoms with Gasteiger partial charge in [0, 0.05) is 6.42 Å². The van der Waals surface area contributed by atoms with Crippen LogP contribution in [0.2, 0.25) is 0 Å². The first-order chi connectivity index (χ1) is 11.1. The number of rotatable bonds is 2. The second-order valence-electron chi connectivity index (χ2n) is 5.90. The number of para-hydroxylation sites is 2. The average molecular weight is 315 g/mol. The van der Waals surface area contributed by atoms with Crippen LogP contribution in [-0.4, -0.2) is 40.3 Å². The van der Waals surface area contributed by atoms with Gasteiger partial charge in [-0.1, -0.05) is 12.1 Å². The first-order valence-electron chi connectivity index (χ1n) is 7.54. The molecule has 1 aromatic heterocycles. The molecule has 1 fully saturated rings. The lowest BCUT2D eigenvalue weighted by molar-refractivity contribution is 0.0827. The van der Waals surface area contributed by atoms with Crippen LogP contribution in [0.5, 0.6) is 5.75 Å². The molecule has 4 atom stereocenters. The molecule has 7 heteroatoms. The lowest BCUT2D eigenvalue weighted by Gasteiger charge is -2.31. The topological polar surface area (TPSA) is 96.6 Å². The lowest BCUT2D eigenvalue weighted by atomic mass is 10.1. The number of fused-ring (bicyclic) bond motifs is 2. The number of anilines is 1. The highest BCUT2D eigenvalue weighted by Gasteiger charge is 2.47. The van der Waals surface area contributed by atoms with Crippen molar-refractivity contribution in [3.8, 4) is 5.75 Å². The number of nitrogens with one attached hydrogen (secondary N) is 2. The summed E-state index contributed by atoms with van der Waals surface area (Å²) in [4.78, 5) is 16.1. The van der Waals surface area contributed by atoms with Crippen LogP contribution in [0.1, 0.15) is 22.7 Å². The SMILES string of the molecule is Cc1ncoc1C(=O)N[C@@H]1C[C@H]2Oc3ccccc3N[C@H]2[C@@H]1O. The van der Waals surface area contributed by atoms with Gasteiger partial charge in [-0.2, -0.15) is 0 Å². The summed E-state index contributed by atoms with van der Waals surface area (Å²) in [5, 5.41) is 16.6. The van der Waals surface area contributed by atoms with Crippen LogP contribution < -0.4 is 15.4 Å². The molecule has 1 saturated carbocycles. The fourth-order valence-corrected chi connectivity index (χ4v) is 3.24. The normalized spacial score (nSPS) is 28.3. The molecule has 0 unspecified atom stereocenters. The molecule has 2 aliphatic rings. The van der Waals surface area contributed by atoms with Crippen molar-refractivity contribution in [2.45, 2.75) is 37.6 Å². The van der Waals surface area contributed by atoms with E-state index in [1.165, 1.54) is 6.39 Å². The van der Waals surface area contributed by atoms with E-state index in [1.807, 2.05) is 24.3 Å². The second-order valence-corrected chi connectivity index (χ2v) is 5.90. The Bertz CT molecular complexity index is 744. The van der Waals surface area contributed by atoms with Crippen molar-refractivity contribution in [2.24, 2.45) is 0 Å². The van der Waals surface area contributed by atoms with Crippen LogP contribution in [0.4, 0.5) is 5.69 Å². The minimum atomic E-state index is -0.750. The molecule has 1 amide bonds. The summed E-state index contributed by atoms with van der Waals surface area (Å²) >= 11 is 0. The minimum absolute atomic E-state index is 0.171. The Kier molecular flexibility index (Phi) is 3.23. The van der Waals surface area contributed by atoms with Gasteiger partial charge in [0.25, 0.3) is 5.91 Å². The molecule has 0 spiro atoms. The zero-order valence-electron chi connectivity index (χ0n) is 12.5. The Hall–Kier alpha value is -2.54. The maximum atomic E-state index is 12.2. The highest BCUT2D eigenvalue weighted by atomic mass is 16.5. The smallest absolute Gasteiger partial charge is 0.289 e. The number of aromatic nitrogens is 1. The number of aliphatic hydroxyl groups is 1. The van der Waals surface area contributed by atoms with Crippen molar-refractivity contribution >= 4 is 11.6 Å². The maximum Gasteiger partial charge on any atom is 0.289 e. The molecule has 1 aliphatic heterocycles. The number of oxazole rings is 1. The average Bonchev–Trinajstić information content (AvgIpc) is 3.10. The first-order valence-corrected chi connectivity index (χ1v) is 7.54. The minimum Gasteiger partial charge on any atom is -0.486 e. The van der Waals surface area contributed by atoms with Crippen LogP contribution in [0.25, 0.3) is 0 Å². The van der Waals surface area contributed by atoms with E-state index in [0.717, 1.165) is 11.4 Å². The summed E-state index contributed by atoms with van der Waals surface area (Å²) < 4.78 is 11.0. The molecule has 7 nitrogen and oxygen atoms in total. The van der Waals surface area contributed by atoms with Crippen molar-refractivity contribution in [3.05, 3.63) is 42.1 Å². The summed E-state index contributed by atoms with van der Waals surface area (Å²) in [5.74, 6) is 0.559. The lowest BCUT2D eigenvalue weighted by Crippen LogP contribution is -2.47. The van der Waals surface area contributed by atoms with Crippen molar-refractivity contribution < 1.29 is 19.1 Å². The quantitative estimate of drug-likeness (QED) is 0.767. The van der Waals surface area contributed by atoms with E-state index in [0.29, 0.717) is 12.1 Å². The van der Waals surface area contributed by atoms with Gasteiger partial charge >= 0.3 is 0 Å². The van der Waals surface area contributed by atoms with Crippen LogP contribution in [-0.2, 0) is 0 Å². The Labute approximate surface area is 132 Å². The van der Waals surface area contributed by atoms with Crippen LogP contribution >= 0.6 is 0 Å². The number of aryl methyl sites for hydroxylation is 1. The molecule has 4 rings (SSSR count). The van der Waals surface area contributed by atoms with Crippen molar-refractivity contribution in [1.29, 1.82) is 0 Å². The van der Waals surface area contributed by atoms with Gasteiger partial charge in [0.2, 0.25) is 5.76 Å². The third-order valence-electron chi connectivity index (χ3n) is 4.42. The molecular formula is C16H17N3O4. The molecule has 0 saturated heterocycles. The van der Waals surface area contributed by atoms with Crippen LogP contribution in [0.3, 0.4) is 0 Å². The number of benzene rings is 1. The summed E-state index contributed by atoms with van der Waals surface area (Å²) in [7, 11) is 0. The zero-order valence-corrected chi connectivity index (χ0v) is 12.5. The predicted octanol–water partition coefficient (Wildman–Crippen LogP) is 1.09. The number of carbonyl (C=O) groups excluding carboxylic acids is 1. The molecule has 120 valence electrons. The molecular weight excluding hydrogens is 298 g/mol. The second kappa shape index (κ2) is 5.27. The number of carbonyl (C=O) groups is 1. The Balaban J connectivity index is 1.49. The Morgan fingerprint density at radius 3 is 3.04 bits per heavy atom. The van der Waals surface area contributed by atoms with E-state index in [1.54, 1.807) is 6.92 Å². The largest absolute Gasteiger partial charge is 0.486 e. The summed E-state index contributed by atoms with van der Waals surface area (Å²) in [6.45, 7) is 1.70. The molecule has 1 aliphatic carbocycles. The molecule has 0 radical (unpaired) electrons. The first kappa shape index (κ1) is 14.1. The van der Waals surface area contributed by atoms with E-state index in [4.69, 9.17) is 9.15 Å². The molecule has 3 N–H and O–H groups in total. The number of hydrogen-bond donors (Lipinski definition) is 3. The van der Waals surface area contributed by atoms with E-state index in [-0.39, 0.29) is 23.8 Å². The standard InChI is InChI=1S/C16H17N3O4/c1-8-15(22-7-17-8)16(21)19-10-6-12-13(14(10)20)18-9-4-2-3-5-11(9)23-12/h2-5,7,10,12-14,18,20H,6H2,1H3,(H,19,21)/t10-,12-,13-,14-/m1/s1. The van der Waals surface area contributed by atoms with Crippen molar-refractivity contribution in [3.63, 3.8) is 0 Å². The summed E-state index contributed by atoms with van der Waals surface area (Å²) in [6.07, 6.45) is 0.809. The van der Waals surface area contributed by atoms with Crippen molar-refractivity contribution in [1.82, 2.24) is 10.3 Å². The van der Waals surface area contributed by atoms with E-state index in [9.17, 15) is 9.90 Å². The predicted molar refractivity (Wildman–Crippen MR) is 81.4 cm³/mol. The summed E-state index contributed by atoms with van der Waals surface area (Å²) in [5.41, 5.74) is 1.38. The molecule has 1 aromatic carbocycles. The van der Waals surface area contributed by atoms with Gasteiger partial charge in [0.1, 0.15) is 11.9 Å². The highest BCUT2D eigenvalue weighted by Crippen LogP contribution is 2.37. The monoisotopic (exact) mass is 315 g/mol. The number of ether oxygens (including phenoxy) is 1. The fourth-order valence-electron chi connectivity index (χ4n) is 3.24. The molecule has 2 aromatic rings. The van der Waals surface area contributed by atoms with E-state index >= 15 is 0 Å². The number of nitrogens with zero attached hydrogens (tertiary/aromatic N) is 1. The summed E-state index contributed by atoms with van der Waals surface area (Å²) in [6, 6.07) is 6.92. The third-order valence-corrected chi connectivity index (χ3v) is 4.42. The Morgan fingerprint density at radius 1 is 1.43 bits per heavy atom. The number of hydrogen-bond acceptors (Lipinski definition) is 6. The van der Waals surface area contributed by atoms with Gasteiger partial charge < -0.3 is 24.9 Å². The van der Waals surface area contributed by atoms with Gasteiger partial charge in [-0.05, 0) is 19.1 Å². The fraction of sp³-hybridized carbons (Fsp3) is 0.375. The molecule has 2 heterocycles. The van der Waals surface area contributed by atoms with Gasteiger partial charge in [-0.15, -0.1) is 0 Å². The third kappa shape index (κ3) is 2.33. The number of amides is 1. The van der Waals surface area contributed by atoms with E-state index < -0.39 is 12.1 Å². The molecule has 23 heavy (non-hydrogen) atoms. The molecule has 0 bridgehead atoms. The highest BCUT2D eigenvalue weighted by molar-refractivity contribution is 5.92. The van der Waals surface area contributed by atoms with Crippen molar-refractivity contribution in [2.75, 3.05) is 5.32 Å². The van der Waals surface area contributed by atoms with Crippen LogP contribution in [0.15, 0.2) is 35.1 Å².